The largest absolute Gasteiger partial charge is 0.399 e. The fourth-order valence-electron chi connectivity index (χ4n) is 1.26. The van der Waals surface area contributed by atoms with Gasteiger partial charge in [-0.2, -0.15) is 0 Å². The third-order valence-corrected chi connectivity index (χ3v) is 1.84. The van der Waals surface area contributed by atoms with Gasteiger partial charge in [0.25, 0.3) is 6.43 Å². The van der Waals surface area contributed by atoms with Gasteiger partial charge < -0.3 is 5.73 Å². The molecule has 0 atom stereocenters. The van der Waals surface area contributed by atoms with Gasteiger partial charge in [-0.15, -0.1) is 0 Å². The highest BCUT2D eigenvalue weighted by Gasteiger charge is 2.13. The minimum absolute atomic E-state index is 0.00468. The van der Waals surface area contributed by atoms with E-state index in [9.17, 15) is 13.6 Å². The Morgan fingerprint density at radius 1 is 1.50 bits per heavy atom. The van der Waals surface area contributed by atoms with Crippen LogP contribution in [0.4, 0.5) is 14.5 Å². The fraction of sp³-hybridized carbons (Fsp3) is 0.300. The third kappa shape index (κ3) is 2.52. The summed E-state index contributed by atoms with van der Waals surface area (Å²) in [6.07, 6.45) is -2.56. The minimum Gasteiger partial charge on any atom is -0.399 e. The second kappa shape index (κ2) is 4.17. The monoisotopic (exact) mass is 199 g/mol. The van der Waals surface area contributed by atoms with E-state index in [4.69, 9.17) is 5.73 Å². The normalized spacial score (nSPS) is 10.6. The molecule has 0 radical (unpaired) electrons. The van der Waals surface area contributed by atoms with E-state index in [0.717, 1.165) is 0 Å². The molecule has 0 aliphatic heterocycles. The molecule has 76 valence electrons. The second-order valence-corrected chi connectivity index (χ2v) is 3.14. The predicted octanol–water partition coefficient (Wildman–Crippen LogP) is 2.34. The highest BCUT2D eigenvalue weighted by atomic mass is 19.3. The smallest absolute Gasteiger partial charge is 0.264 e. The molecule has 0 amide bonds. The van der Waals surface area contributed by atoms with Crippen LogP contribution in [0.2, 0.25) is 0 Å². The number of carbonyl (C=O) groups excluding carboxylic acids is 1. The number of rotatable bonds is 3. The number of benzene rings is 1. The van der Waals surface area contributed by atoms with Crippen molar-refractivity contribution < 1.29 is 13.6 Å². The SMILES string of the molecule is CC(=O)Cc1cc(N)ccc1C(F)F. The van der Waals surface area contributed by atoms with Crippen LogP contribution in [0, 0.1) is 0 Å². The number of Topliss-reactive ketones (excluding diaryl/α,β-unsaturated/α-hetero) is 1. The molecule has 1 aromatic carbocycles. The van der Waals surface area contributed by atoms with E-state index in [1.54, 1.807) is 0 Å². The summed E-state index contributed by atoms with van der Waals surface area (Å²) in [6, 6.07) is 4.09. The molecule has 4 heteroatoms. The summed E-state index contributed by atoms with van der Waals surface area (Å²) in [7, 11) is 0. The van der Waals surface area contributed by atoms with E-state index >= 15 is 0 Å². The van der Waals surface area contributed by atoms with Crippen molar-refractivity contribution in [1.82, 2.24) is 0 Å². The Balaban J connectivity index is 3.09. The summed E-state index contributed by atoms with van der Waals surface area (Å²) in [5.74, 6) is -0.155. The number of nitrogens with two attached hydrogens (primary N) is 1. The van der Waals surface area contributed by atoms with E-state index < -0.39 is 6.43 Å². The van der Waals surface area contributed by atoms with E-state index in [1.807, 2.05) is 0 Å². The Bertz CT molecular complexity index is 350. The third-order valence-electron chi connectivity index (χ3n) is 1.84. The maximum Gasteiger partial charge on any atom is 0.264 e. The van der Waals surface area contributed by atoms with Gasteiger partial charge in [0.2, 0.25) is 0 Å². The van der Waals surface area contributed by atoms with Crippen LogP contribution in [-0.4, -0.2) is 5.78 Å². The van der Waals surface area contributed by atoms with Crippen molar-refractivity contribution in [3.63, 3.8) is 0 Å². The van der Waals surface area contributed by atoms with E-state index in [1.165, 1.54) is 25.1 Å². The van der Waals surface area contributed by atoms with Crippen LogP contribution in [0.25, 0.3) is 0 Å². The van der Waals surface area contributed by atoms with E-state index in [-0.39, 0.29) is 17.8 Å². The topological polar surface area (TPSA) is 43.1 Å². The lowest BCUT2D eigenvalue weighted by molar-refractivity contribution is -0.116. The van der Waals surface area contributed by atoms with Gasteiger partial charge in [0.05, 0.1) is 0 Å². The van der Waals surface area contributed by atoms with Crippen LogP contribution in [-0.2, 0) is 11.2 Å². The second-order valence-electron chi connectivity index (χ2n) is 3.14. The predicted molar refractivity (Wildman–Crippen MR) is 50.2 cm³/mol. The lowest BCUT2D eigenvalue weighted by Crippen LogP contribution is -2.02. The Morgan fingerprint density at radius 2 is 2.14 bits per heavy atom. The molecular weight excluding hydrogens is 188 g/mol. The van der Waals surface area contributed by atoms with E-state index in [2.05, 4.69) is 0 Å². The Hall–Kier alpha value is -1.45. The van der Waals surface area contributed by atoms with Gasteiger partial charge in [-0.05, 0) is 24.6 Å². The van der Waals surface area contributed by atoms with Crippen LogP contribution in [0.1, 0.15) is 24.5 Å². The zero-order valence-electron chi connectivity index (χ0n) is 7.76. The Kier molecular flexibility index (Phi) is 3.17. The van der Waals surface area contributed by atoms with Crippen molar-refractivity contribution in [2.75, 3.05) is 5.73 Å². The number of carbonyl (C=O) groups is 1. The molecule has 0 saturated heterocycles. The van der Waals surface area contributed by atoms with Gasteiger partial charge in [-0.1, -0.05) is 6.07 Å². The summed E-state index contributed by atoms with van der Waals surface area (Å²) in [5, 5.41) is 0. The molecule has 0 heterocycles. The first-order valence-corrected chi connectivity index (χ1v) is 4.16. The number of anilines is 1. The van der Waals surface area contributed by atoms with Crippen molar-refractivity contribution >= 4 is 11.5 Å². The number of halogens is 2. The zero-order valence-corrected chi connectivity index (χ0v) is 7.76. The summed E-state index contributed by atoms with van der Waals surface area (Å²) in [4.78, 5) is 10.8. The van der Waals surface area contributed by atoms with Crippen LogP contribution in [0.15, 0.2) is 18.2 Å². The van der Waals surface area contributed by atoms with Crippen molar-refractivity contribution in [2.45, 2.75) is 19.8 Å². The Labute approximate surface area is 80.7 Å². The summed E-state index contributed by atoms with van der Waals surface area (Å²) >= 11 is 0. The molecule has 0 bridgehead atoms. The number of hydrogen-bond acceptors (Lipinski definition) is 2. The number of ketones is 1. The van der Waals surface area contributed by atoms with Crippen molar-refractivity contribution in [1.29, 1.82) is 0 Å². The van der Waals surface area contributed by atoms with Gasteiger partial charge in [0.1, 0.15) is 5.78 Å². The molecular formula is C10H11F2NO. The summed E-state index contributed by atoms with van der Waals surface area (Å²) < 4.78 is 24.9. The molecule has 0 aromatic heterocycles. The minimum atomic E-state index is -2.56. The van der Waals surface area contributed by atoms with Crippen LogP contribution < -0.4 is 5.73 Å². The van der Waals surface area contributed by atoms with Crippen LogP contribution >= 0.6 is 0 Å². The molecule has 0 spiro atoms. The molecule has 1 rings (SSSR count). The molecule has 2 N–H and O–H groups in total. The van der Waals surface area contributed by atoms with Gasteiger partial charge in [-0.25, -0.2) is 8.78 Å². The average molecular weight is 199 g/mol. The van der Waals surface area contributed by atoms with Crippen molar-refractivity contribution in [3.8, 4) is 0 Å². The fourth-order valence-corrected chi connectivity index (χ4v) is 1.26. The quantitative estimate of drug-likeness (QED) is 0.759. The number of hydrogen-bond donors (Lipinski definition) is 1. The molecule has 14 heavy (non-hydrogen) atoms. The lowest BCUT2D eigenvalue weighted by atomic mass is 10.0. The number of alkyl halides is 2. The van der Waals surface area contributed by atoms with Crippen LogP contribution in [0.3, 0.4) is 0 Å². The van der Waals surface area contributed by atoms with Gasteiger partial charge >= 0.3 is 0 Å². The highest BCUT2D eigenvalue weighted by molar-refractivity contribution is 5.79. The Morgan fingerprint density at radius 3 is 2.64 bits per heavy atom. The van der Waals surface area contributed by atoms with Crippen molar-refractivity contribution in [3.05, 3.63) is 29.3 Å². The number of nitrogen functional groups attached to an aromatic ring is 1. The van der Waals surface area contributed by atoms with Gasteiger partial charge in [0.15, 0.2) is 0 Å². The molecule has 0 aliphatic carbocycles. The summed E-state index contributed by atoms with van der Waals surface area (Å²) in [6.45, 7) is 1.36. The molecule has 0 fully saturated rings. The first kappa shape index (κ1) is 10.6. The molecule has 1 aromatic rings. The maximum atomic E-state index is 12.5. The van der Waals surface area contributed by atoms with Crippen molar-refractivity contribution in [2.24, 2.45) is 0 Å². The molecule has 0 aliphatic rings. The lowest BCUT2D eigenvalue weighted by Gasteiger charge is -2.07. The first-order chi connectivity index (χ1) is 6.50. The molecule has 0 unspecified atom stereocenters. The maximum absolute atomic E-state index is 12.5. The standard InChI is InChI=1S/C10H11F2NO/c1-6(14)4-7-5-8(13)2-3-9(7)10(11)12/h2-3,5,10H,4,13H2,1H3. The van der Waals surface area contributed by atoms with Gasteiger partial charge in [-0.3, -0.25) is 4.79 Å². The first-order valence-electron chi connectivity index (χ1n) is 4.16. The summed E-state index contributed by atoms with van der Waals surface area (Å²) in [5.41, 5.74) is 6.04. The average Bonchev–Trinajstić information content (AvgIpc) is 2.01. The van der Waals surface area contributed by atoms with Crippen LogP contribution in [0.5, 0.6) is 0 Å². The zero-order chi connectivity index (χ0) is 10.7. The molecule has 0 saturated carbocycles. The highest BCUT2D eigenvalue weighted by Crippen LogP contribution is 2.25. The van der Waals surface area contributed by atoms with Gasteiger partial charge in [0, 0.05) is 17.7 Å². The molecule has 2 nitrogen and oxygen atoms in total. The van der Waals surface area contributed by atoms with E-state index in [0.29, 0.717) is 11.3 Å².